The highest BCUT2D eigenvalue weighted by molar-refractivity contribution is 7.91. The molecule has 26 heavy (non-hydrogen) atoms. The summed E-state index contributed by atoms with van der Waals surface area (Å²) >= 11 is 0. The molecule has 1 aliphatic heterocycles. The van der Waals surface area contributed by atoms with Crippen molar-refractivity contribution in [2.24, 2.45) is 0 Å². The fourth-order valence-corrected chi connectivity index (χ4v) is 5.51. The monoisotopic (exact) mass is 374 g/mol. The van der Waals surface area contributed by atoms with E-state index in [0.29, 0.717) is 23.5 Å². The standard InChI is InChI=1S/C18H22N4O3S/c1-10-16-14(18(23)19-12-4-5-12)8-15(11-2-3-11)20-17(16)22(21-10)13-6-7-26(24,25)9-13/h8,11-13H,2-7,9H2,1H3,(H,19,23). The van der Waals surface area contributed by atoms with Gasteiger partial charge in [0.1, 0.15) is 0 Å². The van der Waals surface area contributed by atoms with Crippen LogP contribution in [0.5, 0.6) is 0 Å². The molecule has 0 spiro atoms. The van der Waals surface area contributed by atoms with Crippen molar-refractivity contribution in [2.75, 3.05) is 11.5 Å². The Bertz CT molecular complexity index is 1020. The summed E-state index contributed by atoms with van der Waals surface area (Å²) in [6, 6.07) is 2.00. The topological polar surface area (TPSA) is 93.9 Å². The van der Waals surface area contributed by atoms with E-state index < -0.39 is 9.84 Å². The molecule has 1 amide bonds. The van der Waals surface area contributed by atoms with E-state index in [1.54, 1.807) is 4.68 Å². The zero-order valence-electron chi connectivity index (χ0n) is 14.7. The quantitative estimate of drug-likeness (QED) is 0.882. The molecule has 2 aromatic heterocycles. The molecule has 3 heterocycles. The Hall–Kier alpha value is -1.96. The van der Waals surface area contributed by atoms with Crippen molar-refractivity contribution >= 4 is 26.8 Å². The van der Waals surface area contributed by atoms with Crippen LogP contribution in [0.4, 0.5) is 0 Å². The van der Waals surface area contributed by atoms with Crippen LogP contribution in [0, 0.1) is 6.92 Å². The summed E-state index contributed by atoms with van der Waals surface area (Å²) in [5, 5.41) is 8.44. The molecule has 3 aliphatic rings. The van der Waals surface area contributed by atoms with Gasteiger partial charge in [0, 0.05) is 17.7 Å². The minimum Gasteiger partial charge on any atom is -0.349 e. The lowest BCUT2D eigenvalue weighted by Crippen LogP contribution is -2.26. The SMILES string of the molecule is Cc1nn(C2CCS(=O)(=O)C2)c2nc(C3CC3)cc(C(=O)NC3CC3)c12. The van der Waals surface area contributed by atoms with E-state index >= 15 is 0 Å². The number of carbonyl (C=O) groups excluding carboxylic acids is 1. The molecule has 1 N–H and O–H groups in total. The summed E-state index contributed by atoms with van der Waals surface area (Å²) in [6.07, 6.45) is 4.80. The lowest BCUT2D eigenvalue weighted by atomic mass is 10.1. The highest BCUT2D eigenvalue weighted by Gasteiger charge is 2.34. The van der Waals surface area contributed by atoms with Crippen molar-refractivity contribution < 1.29 is 13.2 Å². The number of rotatable bonds is 4. The third kappa shape index (κ3) is 2.80. The van der Waals surface area contributed by atoms with Gasteiger partial charge in [0.25, 0.3) is 5.91 Å². The number of nitrogens with zero attached hydrogens (tertiary/aromatic N) is 3. The molecule has 0 aromatic carbocycles. The Morgan fingerprint density at radius 2 is 2.00 bits per heavy atom. The minimum absolute atomic E-state index is 0.0662. The van der Waals surface area contributed by atoms with Crippen LogP contribution in [0.25, 0.3) is 11.0 Å². The van der Waals surface area contributed by atoms with Crippen LogP contribution in [-0.4, -0.2) is 46.6 Å². The number of fused-ring (bicyclic) bond motifs is 1. The Balaban J connectivity index is 1.65. The lowest BCUT2D eigenvalue weighted by molar-refractivity contribution is 0.0952. The van der Waals surface area contributed by atoms with Gasteiger partial charge in [-0.2, -0.15) is 5.10 Å². The first-order chi connectivity index (χ1) is 12.4. The van der Waals surface area contributed by atoms with Crippen LogP contribution in [-0.2, 0) is 9.84 Å². The third-order valence-electron chi connectivity index (χ3n) is 5.56. The highest BCUT2D eigenvalue weighted by Crippen LogP contribution is 2.41. The molecule has 0 radical (unpaired) electrons. The van der Waals surface area contributed by atoms with Crippen LogP contribution < -0.4 is 5.32 Å². The predicted octanol–water partition coefficient (Wildman–Crippen LogP) is 1.87. The van der Waals surface area contributed by atoms with Gasteiger partial charge in [-0.3, -0.25) is 4.79 Å². The van der Waals surface area contributed by atoms with Crippen molar-refractivity contribution in [1.82, 2.24) is 20.1 Å². The van der Waals surface area contributed by atoms with Crippen LogP contribution in [0.15, 0.2) is 6.07 Å². The number of carbonyl (C=O) groups is 1. The lowest BCUT2D eigenvalue weighted by Gasteiger charge is -2.12. The van der Waals surface area contributed by atoms with Crippen LogP contribution in [0.2, 0.25) is 0 Å². The molecule has 1 unspecified atom stereocenters. The van der Waals surface area contributed by atoms with Gasteiger partial charge in [0.05, 0.1) is 34.2 Å². The van der Waals surface area contributed by atoms with Crippen LogP contribution >= 0.6 is 0 Å². The molecule has 7 nitrogen and oxygen atoms in total. The minimum atomic E-state index is -3.02. The van der Waals surface area contributed by atoms with Gasteiger partial charge in [-0.15, -0.1) is 0 Å². The fourth-order valence-electron chi connectivity index (χ4n) is 3.81. The largest absolute Gasteiger partial charge is 0.349 e. The number of nitrogens with one attached hydrogen (secondary N) is 1. The molecular formula is C18H22N4O3S. The average Bonchev–Trinajstić information content (AvgIpc) is 3.50. The van der Waals surface area contributed by atoms with Gasteiger partial charge in [0.2, 0.25) is 0 Å². The fraction of sp³-hybridized carbons (Fsp3) is 0.611. The van der Waals surface area contributed by atoms with Crippen LogP contribution in [0.3, 0.4) is 0 Å². The second kappa shape index (κ2) is 5.52. The highest BCUT2D eigenvalue weighted by atomic mass is 32.2. The first kappa shape index (κ1) is 16.2. The van der Waals surface area contributed by atoms with E-state index in [-0.39, 0.29) is 29.5 Å². The number of amides is 1. The molecule has 1 atom stereocenters. The Morgan fingerprint density at radius 3 is 2.62 bits per heavy atom. The molecule has 5 rings (SSSR count). The Labute approximate surface area is 152 Å². The van der Waals surface area contributed by atoms with E-state index in [0.717, 1.165) is 42.5 Å². The molecule has 8 heteroatoms. The number of aromatic nitrogens is 3. The average molecular weight is 374 g/mol. The van der Waals surface area contributed by atoms with E-state index in [1.165, 1.54) is 0 Å². The van der Waals surface area contributed by atoms with Gasteiger partial charge in [-0.25, -0.2) is 18.1 Å². The number of aryl methyl sites for hydroxylation is 1. The van der Waals surface area contributed by atoms with Crippen molar-refractivity contribution in [2.45, 2.75) is 57.0 Å². The second-order valence-electron chi connectivity index (χ2n) is 7.90. The molecular weight excluding hydrogens is 352 g/mol. The third-order valence-corrected chi connectivity index (χ3v) is 7.31. The molecule has 0 bridgehead atoms. The van der Waals surface area contributed by atoms with E-state index in [1.807, 2.05) is 13.0 Å². The summed E-state index contributed by atoms with van der Waals surface area (Å²) in [7, 11) is -3.02. The van der Waals surface area contributed by atoms with Crippen molar-refractivity contribution in [3.8, 4) is 0 Å². The molecule has 2 aliphatic carbocycles. The Morgan fingerprint density at radius 1 is 1.23 bits per heavy atom. The van der Waals surface area contributed by atoms with Crippen molar-refractivity contribution in [1.29, 1.82) is 0 Å². The van der Waals surface area contributed by atoms with Gasteiger partial charge < -0.3 is 5.32 Å². The zero-order valence-corrected chi connectivity index (χ0v) is 15.6. The van der Waals surface area contributed by atoms with Crippen molar-refractivity contribution in [3.63, 3.8) is 0 Å². The van der Waals surface area contributed by atoms with E-state index in [4.69, 9.17) is 4.98 Å². The first-order valence-electron chi connectivity index (χ1n) is 9.32. The number of hydrogen-bond acceptors (Lipinski definition) is 5. The van der Waals surface area contributed by atoms with Gasteiger partial charge in [0.15, 0.2) is 15.5 Å². The molecule has 2 saturated carbocycles. The second-order valence-corrected chi connectivity index (χ2v) is 10.1. The summed E-state index contributed by atoms with van der Waals surface area (Å²) in [6.45, 7) is 1.87. The maximum Gasteiger partial charge on any atom is 0.252 e. The van der Waals surface area contributed by atoms with Gasteiger partial charge >= 0.3 is 0 Å². The number of pyridine rings is 1. The molecule has 1 saturated heterocycles. The van der Waals surface area contributed by atoms with E-state index in [9.17, 15) is 13.2 Å². The van der Waals surface area contributed by atoms with Gasteiger partial charge in [-0.05, 0) is 45.1 Å². The maximum absolute atomic E-state index is 12.8. The van der Waals surface area contributed by atoms with Crippen LogP contribution in [0.1, 0.15) is 65.8 Å². The molecule has 3 fully saturated rings. The first-order valence-corrected chi connectivity index (χ1v) is 11.1. The predicted molar refractivity (Wildman–Crippen MR) is 97.0 cm³/mol. The molecule has 2 aromatic rings. The number of hydrogen-bond donors (Lipinski definition) is 1. The maximum atomic E-state index is 12.8. The molecule has 138 valence electrons. The summed E-state index contributed by atoms with van der Waals surface area (Å²) in [5.41, 5.74) is 2.96. The Kier molecular flexibility index (Phi) is 3.44. The van der Waals surface area contributed by atoms with Crippen molar-refractivity contribution in [3.05, 3.63) is 23.0 Å². The summed E-state index contributed by atoms with van der Waals surface area (Å²) in [4.78, 5) is 17.6. The summed E-state index contributed by atoms with van der Waals surface area (Å²) < 4.78 is 25.6. The summed E-state index contributed by atoms with van der Waals surface area (Å²) in [5.74, 6) is 0.628. The van der Waals surface area contributed by atoms with Gasteiger partial charge in [-0.1, -0.05) is 0 Å². The smallest absolute Gasteiger partial charge is 0.252 e. The van der Waals surface area contributed by atoms with E-state index in [2.05, 4.69) is 10.4 Å². The number of sulfone groups is 1. The zero-order chi connectivity index (χ0) is 18.1. The normalized spacial score (nSPS) is 24.9.